The number of hydrogen-bond donors (Lipinski definition) is 1. The molecule has 1 fully saturated rings. The summed E-state index contributed by atoms with van der Waals surface area (Å²) in [6, 6.07) is 0. The van der Waals surface area contributed by atoms with Gasteiger partial charge < -0.3 is 9.84 Å². The third kappa shape index (κ3) is 3.21. The Bertz CT molecular complexity index is 489. The van der Waals surface area contributed by atoms with Crippen LogP contribution >= 0.6 is 15.9 Å². The van der Waals surface area contributed by atoms with Gasteiger partial charge in [-0.15, -0.1) is 0 Å². The Morgan fingerprint density at radius 2 is 2.30 bits per heavy atom. The normalized spacial score (nSPS) is 20.2. The van der Waals surface area contributed by atoms with Crippen molar-refractivity contribution in [2.75, 3.05) is 19.7 Å². The highest BCUT2D eigenvalue weighted by atomic mass is 79.9. The molecule has 1 unspecified atom stereocenters. The van der Waals surface area contributed by atoms with Crippen molar-refractivity contribution in [1.82, 2.24) is 14.7 Å². The first-order chi connectivity index (χ1) is 9.56. The molecule has 0 amide bonds. The fraction of sp³-hybridized carbons (Fsp3) is 0.692. The fourth-order valence-corrected chi connectivity index (χ4v) is 3.07. The molecular weight excluding hydrogens is 326 g/mol. The van der Waals surface area contributed by atoms with E-state index in [9.17, 15) is 4.79 Å². The number of aromatic nitrogens is 2. The van der Waals surface area contributed by atoms with Gasteiger partial charge in [0, 0.05) is 26.2 Å². The second kappa shape index (κ2) is 6.69. The quantitative estimate of drug-likeness (QED) is 0.876. The summed E-state index contributed by atoms with van der Waals surface area (Å²) in [6.45, 7) is 7.24. The zero-order valence-electron chi connectivity index (χ0n) is 11.8. The minimum atomic E-state index is -0.896. The lowest BCUT2D eigenvalue weighted by Gasteiger charge is -2.30. The summed E-state index contributed by atoms with van der Waals surface area (Å²) in [5.74, 6) is -0.896. The molecule has 6 nitrogen and oxygen atoms in total. The number of nitrogens with zero attached hydrogens (tertiary/aromatic N) is 3. The lowest BCUT2D eigenvalue weighted by atomic mass is 10.2. The summed E-state index contributed by atoms with van der Waals surface area (Å²) >= 11 is 3.62. The summed E-state index contributed by atoms with van der Waals surface area (Å²) in [5, 5.41) is 13.6. The van der Waals surface area contributed by atoms with Crippen LogP contribution in [0.3, 0.4) is 0 Å². The Morgan fingerprint density at radius 3 is 2.90 bits per heavy atom. The topological polar surface area (TPSA) is 67.6 Å². The van der Waals surface area contributed by atoms with Crippen molar-refractivity contribution < 1.29 is 14.6 Å². The molecule has 1 saturated heterocycles. The number of aliphatic carboxylic acids is 1. The molecule has 0 aliphatic carbocycles. The summed E-state index contributed by atoms with van der Waals surface area (Å²) < 4.78 is 8.27. The Kier molecular flexibility index (Phi) is 5.17. The van der Waals surface area contributed by atoms with Crippen molar-refractivity contribution >= 4 is 21.9 Å². The van der Waals surface area contributed by atoms with Gasteiger partial charge in [-0.25, -0.2) is 4.79 Å². The van der Waals surface area contributed by atoms with E-state index in [0.717, 1.165) is 35.4 Å². The molecule has 0 bridgehead atoms. The highest BCUT2D eigenvalue weighted by Gasteiger charge is 2.27. The first-order valence-electron chi connectivity index (χ1n) is 6.87. The van der Waals surface area contributed by atoms with E-state index in [-0.39, 0.29) is 0 Å². The molecule has 7 heteroatoms. The minimum Gasteiger partial charge on any atom is -0.479 e. The highest BCUT2D eigenvalue weighted by molar-refractivity contribution is 9.10. The van der Waals surface area contributed by atoms with Gasteiger partial charge in [0.05, 0.1) is 22.5 Å². The number of carbonyl (C=O) groups is 1. The van der Waals surface area contributed by atoms with E-state index >= 15 is 0 Å². The Labute approximate surface area is 126 Å². The monoisotopic (exact) mass is 345 g/mol. The van der Waals surface area contributed by atoms with Crippen molar-refractivity contribution in [2.24, 2.45) is 0 Å². The molecule has 0 saturated carbocycles. The molecule has 20 heavy (non-hydrogen) atoms. The van der Waals surface area contributed by atoms with E-state index in [4.69, 9.17) is 9.84 Å². The maximum absolute atomic E-state index is 11.0. The number of halogens is 1. The standard InChI is InChI=1S/C13H20BrN3O3/c1-3-9-12(14)10(17(4-2)15-9)7-16-5-6-20-11(8-16)13(18)19/h11H,3-8H2,1-2H3,(H,18,19). The summed E-state index contributed by atoms with van der Waals surface area (Å²) in [7, 11) is 0. The van der Waals surface area contributed by atoms with Crippen molar-refractivity contribution in [2.45, 2.75) is 39.5 Å². The zero-order valence-corrected chi connectivity index (χ0v) is 13.4. The Hall–Kier alpha value is -0.920. The van der Waals surface area contributed by atoms with E-state index in [1.807, 2.05) is 4.68 Å². The zero-order chi connectivity index (χ0) is 14.7. The van der Waals surface area contributed by atoms with Crippen molar-refractivity contribution in [3.63, 3.8) is 0 Å². The van der Waals surface area contributed by atoms with Gasteiger partial charge in [-0.2, -0.15) is 5.10 Å². The number of carboxylic acid groups (broad SMARTS) is 1. The number of hydrogen-bond acceptors (Lipinski definition) is 4. The summed E-state index contributed by atoms with van der Waals surface area (Å²) in [6.07, 6.45) is 0.146. The molecule has 0 spiro atoms. The van der Waals surface area contributed by atoms with Crippen LogP contribution < -0.4 is 0 Å². The smallest absolute Gasteiger partial charge is 0.334 e. The van der Waals surface area contributed by atoms with Gasteiger partial charge in [0.2, 0.25) is 0 Å². The summed E-state index contributed by atoms with van der Waals surface area (Å²) in [5.41, 5.74) is 2.15. The average molecular weight is 346 g/mol. The largest absolute Gasteiger partial charge is 0.479 e. The minimum absolute atomic E-state index is 0.415. The highest BCUT2D eigenvalue weighted by Crippen LogP contribution is 2.24. The molecular formula is C13H20BrN3O3. The average Bonchev–Trinajstić information content (AvgIpc) is 2.75. The lowest BCUT2D eigenvalue weighted by Crippen LogP contribution is -2.45. The van der Waals surface area contributed by atoms with Gasteiger partial charge >= 0.3 is 5.97 Å². The van der Waals surface area contributed by atoms with Crippen LogP contribution in [0.25, 0.3) is 0 Å². The third-order valence-electron chi connectivity index (χ3n) is 3.49. The second-order valence-corrected chi connectivity index (χ2v) is 5.60. The van der Waals surface area contributed by atoms with Crippen LogP contribution in [-0.2, 0) is 29.0 Å². The molecule has 1 aromatic rings. The number of morpholine rings is 1. The maximum Gasteiger partial charge on any atom is 0.334 e. The van der Waals surface area contributed by atoms with Gasteiger partial charge in [0.15, 0.2) is 6.10 Å². The summed E-state index contributed by atoms with van der Waals surface area (Å²) in [4.78, 5) is 13.1. The van der Waals surface area contributed by atoms with E-state index in [1.165, 1.54) is 0 Å². The SMILES string of the molecule is CCc1nn(CC)c(CN2CCOC(C(=O)O)C2)c1Br. The van der Waals surface area contributed by atoms with Crippen LogP contribution in [0, 0.1) is 0 Å². The van der Waals surface area contributed by atoms with E-state index < -0.39 is 12.1 Å². The predicted octanol–water partition coefficient (Wildman–Crippen LogP) is 1.51. The van der Waals surface area contributed by atoms with Crippen LogP contribution in [0.5, 0.6) is 0 Å². The molecule has 1 aliphatic heterocycles. The number of aryl methyl sites for hydroxylation is 2. The number of ether oxygens (including phenoxy) is 1. The first-order valence-corrected chi connectivity index (χ1v) is 7.66. The maximum atomic E-state index is 11.0. The molecule has 2 heterocycles. The van der Waals surface area contributed by atoms with Gasteiger partial charge in [-0.3, -0.25) is 9.58 Å². The van der Waals surface area contributed by atoms with Crippen LogP contribution in [-0.4, -0.2) is 51.6 Å². The van der Waals surface area contributed by atoms with Crippen LogP contribution in [0.2, 0.25) is 0 Å². The van der Waals surface area contributed by atoms with E-state index in [1.54, 1.807) is 0 Å². The fourth-order valence-electron chi connectivity index (χ4n) is 2.38. The lowest BCUT2D eigenvalue weighted by molar-refractivity contribution is -0.156. The second-order valence-electron chi connectivity index (χ2n) is 4.81. The molecule has 1 aliphatic rings. The van der Waals surface area contributed by atoms with Crippen molar-refractivity contribution in [3.05, 3.63) is 15.9 Å². The van der Waals surface area contributed by atoms with Crippen LogP contribution in [0.1, 0.15) is 25.2 Å². The van der Waals surface area contributed by atoms with Gasteiger partial charge in [0.25, 0.3) is 0 Å². The van der Waals surface area contributed by atoms with Gasteiger partial charge in [-0.05, 0) is 29.3 Å². The first kappa shape index (κ1) is 15.5. The number of rotatable bonds is 5. The van der Waals surface area contributed by atoms with Crippen molar-refractivity contribution in [3.8, 4) is 0 Å². The Balaban J connectivity index is 2.13. The molecule has 0 radical (unpaired) electrons. The molecule has 1 atom stereocenters. The third-order valence-corrected chi connectivity index (χ3v) is 4.41. The van der Waals surface area contributed by atoms with Gasteiger partial charge in [-0.1, -0.05) is 6.92 Å². The van der Waals surface area contributed by atoms with E-state index in [0.29, 0.717) is 19.7 Å². The molecule has 1 aromatic heterocycles. The molecule has 2 rings (SSSR count). The molecule has 112 valence electrons. The van der Waals surface area contributed by atoms with Crippen molar-refractivity contribution in [1.29, 1.82) is 0 Å². The molecule has 1 N–H and O–H groups in total. The molecule has 0 aromatic carbocycles. The van der Waals surface area contributed by atoms with E-state index in [2.05, 4.69) is 39.8 Å². The Morgan fingerprint density at radius 1 is 1.55 bits per heavy atom. The van der Waals surface area contributed by atoms with Crippen LogP contribution in [0.15, 0.2) is 4.47 Å². The number of carboxylic acids is 1. The van der Waals surface area contributed by atoms with Crippen LogP contribution in [0.4, 0.5) is 0 Å². The van der Waals surface area contributed by atoms with Gasteiger partial charge in [0.1, 0.15) is 0 Å². The predicted molar refractivity (Wildman–Crippen MR) is 77.6 cm³/mol.